The van der Waals surface area contributed by atoms with Crippen molar-refractivity contribution in [2.24, 2.45) is 0 Å². The summed E-state index contributed by atoms with van der Waals surface area (Å²) in [4.78, 5) is 19.5. The van der Waals surface area contributed by atoms with Crippen LogP contribution in [0.3, 0.4) is 0 Å². The van der Waals surface area contributed by atoms with Crippen molar-refractivity contribution in [3.8, 4) is 17.0 Å². The summed E-state index contributed by atoms with van der Waals surface area (Å²) in [5, 5.41) is 8.44. The molecule has 202 valence electrons. The summed E-state index contributed by atoms with van der Waals surface area (Å²) in [5.41, 5.74) is 2.77. The molecule has 0 radical (unpaired) electrons. The fraction of sp³-hybridized carbons (Fsp3) is 0.321. The molecule has 4 unspecified atom stereocenters. The molecule has 1 fully saturated rings. The maximum Gasteiger partial charge on any atom is 0.324 e. The van der Waals surface area contributed by atoms with Crippen LogP contribution in [0.1, 0.15) is 40.4 Å². The van der Waals surface area contributed by atoms with E-state index in [4.69, 9.17) is 34.1 Å². The first-order valence-electron chi connectivity index (χ1n) is 17.6. The van der Waals surface area contributed by atoms with Crippen molar-refractivity contribution in [2.45, 2.75) is 19.6 Å². The number of fused-ring (bicyclic) bond motifs is 3. The molecule has 0 bridgehead atoms. The van der Waals surface area contributed by atoms with E-state index in [0.29, 0.717) is 17.1 Å². The van der Waals surface area contributed by atoms with Gasteiger partial charge in [-0.3, -0.25) is 14.6 Å². The molecule has 4 atom stereocenters. The van der Waals surface area contributed by atoms with Gasteiger partial charge in [-0.05, 0) is 30.3 Å². The number of amides is 2. The maximum atomic E-state index is 12.6. The Hall–Kier alpha value is -3.93. The van der Waals surface area contributed by atoms with Crippen molar-refractivity contribution in [1.29, 1.82) is 0 Å². The summed E-state index contributed by atoms with van der Waals surface area (Å²) in [7, 11) is 0. The number of ether oxygens (including phenoxy) is 2. The molecule has 2 aromatic carbocycles. The Morgan fingerprint density at radius 1 is 1.21 bits per heavy atom. The number of carbonyl (C=O) groups is 1. The van der Waals surface area contributed by atoms with Crippen LogP contribution in [0.5, 0.6) is 5.75 Å². The Bertz CT molecular complexity index is 1970. The third kappa shape index (κ3) is 5.75. The number of nitrogens with one attached hydrogen (secondary N) is 2. The number of urea groups is 1. The van der Waals surface area contributed by atoms with Gasteiger partial charge in [-0.1, -0.05) is 42.3 Å². The van der Waals surface area contributed by atoms with Crippen molar-refractivity contribution in [3.05, 3.63) is 60.5 Å². The summed E-state index contributed by atoms with van der Waals surface area (Å²) in [5.74, 6) is -3.50. The number of aromatic nitrogens is 3. The second kappa shape index (κ2) is 11.0. The van der Waals surface area contributed by atoms with Gasteiger partial charge in [0.1, 0.15) is 18.1 Å². The molecular weight excluding hydrogens is 516 g/mol. The standard InChI is InChI=1S/C28H30N6O4S/c1-18(2)24-16-26(32-38-24)31-27(35)29-20-5-3-19(4-6-20)22-17-34-23-8-7-21(15-25(23)39-28(34)30-22)37-14-11-33-9-12-36-13-10-33/h3-8,15-18H,9-14H2,1-2H3,(H2,29,31,32,35)/i1D3,2D3,9D,10D,12D,13D,18D. The molecule has 1 aliphatic heterocycles. The molecule has 0 saturated carbocycles. The molecule has 3 aromatic heterocycles. The predicted octanol–water partition coefficient (Wildman–Crippen LogP) is 5.68. The minimum atomic E-state index is -3.26. The lowest BCUT2D eigenvalue weighted by atomic mass is 10.1. The van der Waals surface area contributed by atoms with Crippen LogP contribution in [0.2, 0.25) is 0 Å². The average molecular weight is 558 g/mol. The number of anilines is 2. The van der Waals surface area contributed by atoms with Gasteiger partial charge in [0.2, 0.25) is 0 Å². The number of nitrogens with zero attached hydrogens (tertiary/aromatic N) is 4. The third-order valence-electron chi connectivity index (χ3n) is 5.78. The number of carbonyl (C=O) groups excluding carboxylic acids is 1. The van der Waals surface area contributed by atoms with Gasteiger partial charge < -0.3 is 19.3 Å². The highest BCUT2D eigenvalue weighted by Crippen LogP contribution is 2.32. The average Bonchev–Trinajstić information content (AvgIpc) is 3.76. The van der Waals surface area contributed by atoms with Gasteiger partial charge in [-0.25, -0.2) is 9.78 Å². The molecule has 1 aliphatic rings. The lowest BCUT2D eigenvalue weighted by Gasteiger charge is -2.26. The van der Waals surface area contributed by atoms with E-state index in [1.54, 1.807) is 30.3 Å². The van der Waals surface area contributed by atoms with E-state index >= 15 is 0 Å². The van der Waals surface area contributed by atoms with Gasteiger partial charge in [0.15, 0.2) is 10.8 Å². The molecular formula is C28H30N6O4S. The van der Waals surface area contributed by atoms with Crippen molar-refractivity contribution in [3.63, 3.8) is 0 Å². The van der Waals surface area contributed by atoms with Crippen LogP contribution < -0.4 is 15.4 Å². The zero-order valence-corrected chi connectivity index (χ0v) is 21.1. The van der Waals surface area contributed by atoms with Crippen LogP contribution in [0.4, 0.5) is 16.3 Å². The van der Waals surface area contributed by atoms with E-state index in [0.717, 1.165) is 26.8 Å². The number of benzene rings is 2. The smallest absolute Gasteiger partial charge is 0.324 e. The summed E-state index contributed by atoms with van der Waals surface area (Å²) in [6.07, 6.45) is 1.88. The number of morpholine rings is 1. The quantitative estimate of drug-likeness (QED) is 0.253. The molecule has 4 heterocycles. The van der Waals surface area contributed by atoms with Gasteiger partial charge in [-0.2, -0.15) is 0 Å². The predicted molar refractivity (Wildman–Crippen MR) is 152 cm³/mol. The fourth-order valence-electron chi connectivity index (χ4n) is 3.90. The molecule has 10 nitrogen and oxygen atoms in total. The van der Waals surface area contributed by atoms with Crippen LogP contribution in [0, 0.1) is 0 Å². The van der Waals surface area contributed by atoms with Crippen LogP contribution in [0.25, 0.3) is 26.4 Å². The molecule has 11 heteroatoms. The first kappa shape index (κ1) is 15.6. The molecule has 39 heavy (non-hydrogen) atoms. The Morgan fingerprint density at radius 2 is 2.05 bits per heavy atom. The zero-order chi connectivity index (χ0) is 36.2. The molecule has 0 spiro atoms. The summed E-state index contributed by atoms with van der Waals surface area (Å²) < 4.78 is 104. The first-order valence-corrected chi connectivity index (χ1v) is 12.6. The maximum absolute atomic E-state index is 12.6. The SMILES string of the molecule is [2H]C1OC([2H])C([2H])N(CCOc2ccc3c(c2)sc2nc(-c4ccc(NC(=O)Nc5cc(C([2H])(C([2H])([2H])[2H])C([2H])([2H])[2H])on5)cc4)cn23)C1[2H]. The van der Waals surface area contributed by atoms with E-state index in [9.17, 15) is 4.79 Å². The van der Waals surface area contributed by atoms with Gasteiger partial charge in [0.05, 0.1) is 31.8 Å². The topological polar surface area (TPSA) is 106 Å². The van der Waals surface area contributed by atoms with Crippen LogP contribution >= 0.6 is 11.3 Å². The van der Waals surface area contributed by atoms with Crippen molar-refractivity contribution in [2.75, 3.05) is 50.0 Å². The molecule has 5 aromatic rings. The molecule has 2 amide bonds. The van der Waals surface area contributed by atoms with E-state index < -0.39 is 57.6 Å². The van der Waals surface area contributed by atoms with Crippen LogP contribution in [-0.4, -0.2) is 64.8 Å². The highest BCUT2D eigenvalue weighted by molar-refractivity contribution is 7.23. The molecule has 6 rings (SSSR count). The number of imidazole rings is 1. The Kier molecular flexibility index (Phi) is 4.42. The summed E-state index contributed by atoms with van der Waals surface area (Å²) >= 11 is 1.45. The second-order valence-corrected chi connectivity index (χ2v) is 9.42. The van der Waals surface area contributed by atoms with Crippen molar-refractivity contribution in [1.82, 2.24) is 19.4 Å². The zero-order valence-electron chi connectivity index (χ0n) is 31.2. The largest absolute Gasteiger partial charge is 0.492 e. The third-order valence-corrected chi connectivity index (χ3v) is 6.80. The van der Waals surface area contributed by atoms with E-state index in [-0.39, 0.29) is 19.0 Å². The minimum absolute atomic E-state index is 0.169. The van der Waals surface area contributed by atoms with E-state index in [2.05, 4.69) is 15.8 Å². The van der Waals surface area contributed by atoms with E-state index in [1.807, 2.05) is 22.7 Å². The normalized spacial score (nSPS) is 26.9. The van der Waals surface area contributed by atoms with Crippen LogP contribution in [0.15, 0.2) is 59.3 Å². The van der Waals surface area contributed by atoms with Gasteiger partial charge >= 0.3 is 6.03 Å². The number of hydrogen-bond donors (Lipinski definition) is 2. The molecule has 2 N–H and O–H groups in total. The first-order chi connectivity index (χ1) is 23.5. The number of rotatable bonds is 8. The van der Waals surface area contributed by atoms with E-state index in [1.165, 1.54) is 16.2 Å². The van der Waals surface area contributed by atoms with Gasteiger partial charge in [0.25, 0.3) is 0 Å². The Balaban J connectivity index is 1.07. The minimum Gasteiger partial charge on any atom is -0.492 e. The van der Waals surface area contributed by atoms with Crippen molar-refractivity contribution >= 4 is 44.1 Å². The number of thiazole rings is 1. The second-order valence-electron chi connectivity index (χ2n) is 8.41. The molecule has 0 aliphatic carbocycles. The highest BCUT2D eigenvalue weighted by atomic mass is 32.1. The lowest BCUT2D eigenvalue weighted by molar-refractivity contribution is 0.0322. The van der Waals surface area contributed by atoms with Crippen molar-refractivity contribution < 1.29 is 33.9 Å². The Morgan fingerprint density at radius 3 is 2.87 bits per heavy atom. The monoisotopic (exact) mass is 557 g/mol. The summed E-state index contributed by atoms with van der Waals surface area (Å²) in [6.45, 7) is -10.7. The number of hydrogen-bond acceptors (Lipinski definition) is 8. The highest BCUT2D eigenvalue weighted by Gasteiger charge is 2.14. The lowest BCUT2D eigenvalue weighted by Crippen LogP contribution is -2.38. The van der Waals surface area contributed by atoms with Crippen LogP contribution in [-0.2, 0) is 4.74 Å². The summed E-state index contributed by atoms with van der Waals surface area (Å²) in [6, 6.07) is 12.5. The van der Waals surface area contributed by atoms with Gasteiger partial charge in [-0.15, -0.1) is 0 Å². The van der Waals surface area contributed by atoms with Gasteiger partial charge in [0, 0.05) is 61.3 Å². The Labute approximate surface area is 245 Å². The fourth-order valence-corrected chi connectivity index (χ4v) is 4.94. The molecule has 1 saturated heterocycles.